The predicted molar refractivity (Wildman–Crippen MR) is 80.1 cm³/mol. The molecule has 0 aliphatic carbocycles. The SMILES string of the molecule is CC(C)c1noc(N2CCN(Cc3ccccn3)CC2)n1. The summed E-state index contributed by atoms with van der Waals surface area (Å²) >= 11 is 0. The summed E-state index contributed by atoms with van der Waals surface area (Å²) in [6.07, 6.45) is 1.84. The standard InChI is InChI=1S/C15H21N5O/c1-12(2)14-17-15(21-18-14)20-9-7-19(8-10-20)11-13-5-3-4-6-16-13/h3-6,12H,7-11H2,1-2H3. The molecule has 112 valence electrons. The van der Waals surface area contributed by atoms with Crippen LogP contribution in [0.15, 0.2) is 28.9 Å². The lowest BCUT2D eigenvalue weighted by atomic mass is 10.2. The number of anilines is 1. The lowest BCUT2D eigenvalue weighted by Crippen LogP contribution is -2.46. The Kier molecular flexibility index (Phi) is 4.15. The van der Waals surface area contributed by atoms with Crippen molar-refractivity contribution < 1.29 is 4.52 Å². The molecular formula is C15H21N5O. The molecule has 3 rings (SSSR count). The lowest BCUT2D eigenvalue weighted by molar-refractivity contribution is 0.240. The number of aromatic nitrogens is 3. The van der Waals surface area contributed by atoms with Gasteiger partial charge in [0, 0.05) is 44.8 Å². The Morgan fingerprint density at radius 3 is 2.62 bits per heavy atom. The topological polar surface area (TPSA) is 58.3 Å². The lowest BCUT2D eigenvalue weighted by Gasteiger charge is -2.33. The summed E-state index contributed by atoms with van der Waals surface area (Å²) in [5, 5.41) is 4.03. The first-order chi connectivity index (χ1) is 10.2. The molecule has 0 spiro atoms. The first kappa shape index (κ1) is 14.0. The number of hydrogen-bond acceptors (Lipinski definition) is 6. The highest BCUT2D eigenvalue weighted by molar-refractivity contribution is 5.26. The number of rotatable bonds is 4. The second kappa shape index (κ2) is 6.22. The molecule has 6 heteroatoms. The number of nitrogens with zero attached hydrogens (tertiary/aromatic N) is 5. The average Bonchev–Trinajstić information content (AvgIpc) is 2.99. The van der Waals surface area contributed by atoms with Crippen LogP contribution in [0.4, 0.5) is 6.01 Å². The third-order valence-corrected chi connectivity index (χ3v) is 3.70. The van der Waals surface area contributed by atoms with Gasteiger partial charge in [-0.2, -0.15) is 4.98 Å². The fraction of sp³-hybridized carbons (Fsp3) is 0.533. The molecule has 1 aliphatic rings. The van der Waals surface area contributed by atoms with Gasteiger partial charge >= 0.3 is 6.01 Å². The quantitative estimate of drug-likeness (QED) is 0.856. The van der Waals surface area contributed by atoms with E-state index in [0.29, 0.717) is 11.9 Å². The van der Waals surface area contributed by atoms with Crippen LogP contribution < -0.4 is 4.90 Å². The normalized spacial score (nSPS) is 16.6. The second-order valence-corrected chi connectivity index (χ2v) is 5.67. The molecule has 2 aromatic heterocycles. The zero-order valence-corrected chi connectivity index (χ0v) is 12.6. The van der Waals surface area contributed by atoms with Gasteiger partial charge in [0.05, 0.1) is 5.69 Å². The van der Waals surface area contributed by atoms with E-state index in [1.807, 2.05) is 18.3 Å². The minimum atomic E-state index is 0.299. The van der Waals surface area contributed by atoms with Crippen LogP contribution in [0.1, 0.15) is 31.3 Å². The number of piperazine rings is 1. The third-order valence-electron chi connectivity index (χ3n) is 3.70. The van der Waals surface area contributed by atoms with E-state index in [1.165, 1.54) is 0 Å². The van der Waals surface area contributed by atoms with Gasteiger partial charge in [0.1, 0.15) is 0 Å². The predicted octanol–water partition coefficient (Wildman–Crippen LogP) is 1.91. The Morgan fingerprint density at radius 2 is 2.00 bits per heavy atom. The van der Waals surface area contributed by atoms with Gasteiger partial charge in [-0.1, -0.05) is 25.1 Å². The summed E-state index contributed by atoms with van der Waals surface area (Å²) in [5.74, 6) is 1.08. The largest absolute Gasteiger partial charge is 0.324 e. The molecule has 0 N–H and O–H groups in total. The van der Waals surface area contributed by atoms with E-state index in [0.717, 1.165) is 44.2 Å². The van der Waals surface area contributed by atoms with Crippen LogP contribution in [-0.4, -0.2) is 46.2 Å². The smallest absolute Gasteiger partial charge is 0.322 e. The summed E-state index contributed by atoms with van der Waals surface area (Å²) in [4.78, 5) is 13.4. The van der Waals surface area contributed by atoms with Gasteiger partial charge in [-0.3, -0.25) is 9.88 Å². The van der Waals surface area contributed by atoms with Gasteiger partial charge < -0.3 is 9.42 Å². The highest BCUT2D eigenvalue weighted by Crippen LogP contribution is 2.18. The first-order valence-corrected chi connectivity index (χ1v) is 7.43. The average molecular weight is 287 g/mol. The Bertz CT molecular complexity index is 560. The molecule has 1 saturated heterocycles. The highest BCUT2D eigenvalue weighted by Gasteiger charge is 2.22. The molecule has 1 aliphatic heterocycles. The van der Waals surface area contributed by atoms with Crippen LogP contribution in [0.25, 0.3) is 0 Å². The molecule has 0 amide bonds. The molecule has 0 unspecified atom stereocenters. The zero-order chi connectivity index (χ0) is 14.7. The Morgan fingerprint density at radius 1 is 1.19 bits per heavy atom. The second-order valence-electron chi connectivity index (χ2n) is 5.67. The Hall–Kier alpha value is -1.95. The molecule has 0 aromatic carbocycles. The van der Waals surface area contributed by atoms with E-state index in [1.54, 1.807) is 0 Å². The van der Waals surface area contributed by atoms with E-state index in [2.05, 4.69) is 44.8 Å². The van der Waals surface area contributed by atoms with Crippen molar-refractivity contribution in [1.29, 1.82) is 0 Å². The van der Waals surface area contributed by atoms with Crippen LogP contribution >= 0.6 is 0 Å². The van der Waals surface area contributed by atoms with Gasteiger partial charge in [-0.05, 0) is 12.1 Å². The molecule has 1 fully saturated rings. The van der Waals surface area contributed by atoms with Crippen molar-refractivity contribution in [3.63, 3.8) is 0 Å². The summed E-state index contributed by atoms with van der Waals surface area (Å²) < 4.78 is 5.35. The molecule has 0 saturated carbocycles. The van der Waals surface area contributed by atoms with Crippen molar-refractivity contribution in [2.45, 2.75) is 26.3 Å². The van der Waals surface area contributed by atoms with E-state index in [9.17, 15) is 0 Å². The first-order valence-electron chi connectivity index (χ1n) is 7.43. The minimum absolute atomic E-state index is 0.299. The van der Waals surface area contributed by atoms with E-state index >= 15 is 0 Å². The number of pyridine rings is 1. The number of hydrogen-bond donors (Lipinski definition) is 0. The Balaban J connectivity index is 1.55. The molecule has 2 aromatic rings. The van der Waals surface area contributed by atoms with Gasteiger partial charge in [0.15, 0.2) is 5.82 Å². The van der Waals surface area contributed by atoms with E-state index in [-0.39, 0.29) is 0 Å². The third kappa shape index (κ3) is 3.39. The van der Waals surface area contributed by atoms with Crippen molar-refractivity contribution in [2.24, 2.45) is 0 Å². The fourth-order valence-electron chi connectivity index (χ4n) is 2.41. The van der Waals surface area contributed by atoms with Gasteiger partial charge in [0.2, 0.25) is 0 Å². The molecule has 21 heavy (non-hydrogen) atoms. The van der Waals surface area contributed by atoms with Gasteiger partial charge in [-0.25, -0.2) is 0 Å². The van der Waals surface area contributed by atoms with E-state index < -0.39 is 0 Å². The van der Waals surface area contributed by atoms with Gasteiger partial charge in [0.25, 0.3) is 0 Å². The van der Waals surface area contributed by atoms with E-state index in [4.69, 9.17) is 4.52 Å². The molecule has 0 radical (unpaired) electrons. The summed E-state index contributed by atoms with van der Waals surface area (Å²) in [5.41, 5.74) is 1.12. The molecule has 0 bridgehead atoms. The summed E-state index contributed by atoms with van der Waals surface area (Å²) in [7, 11) is 0. The van der Waals surface area contributed by atoms with Crippen molar-refractivity contribution in [1.82, 2.24) is 20.0 Å². The van der Waals surface area contributed by atoms with Crippen molar-refractivity contribution in [3.8, 4) is 0 Å². The van der Waals surface area contributed by atoms with Crippen LogP contribution in [0.2, 0.25) is 0 Å². The minimum Gasteiger partial charge on any atom is -0.322 e. The molecule has 6 nitrogen and oxygen atoms in total. The highest BCUT2D eigenvalue weighted by atomic mass is 16.5. The van der Waals surface area contributed by atoms with Crippen LogP contribution in [0.3, 0.4) is 0 Å². The maximum Gasteiger partial charge on any atom is 0.324 e. The zero-order valence-electron chi connectivity index (χ0n) is 12.6. The fourth-order valence-corrected chi connectivity index (χ4v) is 2.41. The molecular weight excluding hydrogens is 266 g/mol. The molecule has 0 atom stereocenters. The van der Waals surface area contributed by atoms with Crippen molar-refractivity contribution in [3.05, 3.63) is 35.9 Å². The Labute approximate surface area is 124 Å². The van der Waals surface area contributed by atoms with Gasteiger partial charge in [-0.15, -0.1) is 0 Å². The monoisotopic (exact) mass is 287 g/mol. The van der Waals surface area contributed by atoms with Crippen molar-refractivity contribution >= 4 is 6.01 Å². The van der Waals surface area contributed by atoms with Crippen LogP contribution in [-0.2, 0) is 6.54 Å². The summed E-state index contributed by atoms with van der Waals surface area (Å²) in [6, 6.07) is 6.70. The van der Waals surface area contributed by atoms with Crippen LogP contribution in [0.5, 0.6) is 0 Å². The maximum atomic E-state index is 5.35. The van der Waals surface area contributed by atoms with Crippen molar-refractivity contribution in [2.75, 3.05) is 31.1 Å². The van der Waals surface area contributed by atoms with Crippen LogP contribution in [0, 0.1) is 0 Å². The maximum absolute atomic E-state index is 5.35. The summed E-state index contributed by atoms with van der Waals surface area (Å²) in [6.45, 7) is 8.82. The molecule has 3 heterocycles.